The Hall–Kier alpha value is -2.75. The Labute approximate surface area is 222 Å². The minimum atomic E-state index is -1.39. The van der Waals surface area contributed by atoms with E-state index < -0.39 is 82.5 Å². The SMILES string of the molecule is C=C1C(=O)[C@]23C[C@H]1C[C@@H](O)[C@H]2[C@]1(C)C[C@H](OC(C)=O)[C@H](OC(C)=O)C(C)(C)[C@H]1[C@@H](OC(C)=O)[C@@H]3OC(C)=O. The molecule has 0 heterocycles. The van der Waals surface area contributed by atoms with Crippen LogP contribution >= 0.6 is 0 Å². The van der Waals surface area contributed by atoms with Crippen LogP contribution < -0.4 is 0 Å². The Morgan fingerprint density at radius 2 is 1.34 bits per heavy atom. The van der Waals surface area contributed by atoms with Gasteiger partial charge in [0, 0.05) is 44.9 Å². The minimum Gasteiger partial charge on any atom is -0.459 e. The number of aliphatic hydroxyl groups is 1. The van der Waals surface area contributed by atoms with Gasteiger partial charge in [-0.25, -0.2) is 0 Å². The van der Waals surface area contributed by atoms with Crippen LogP contribution in [-0.4, -0.2) is 65.3 Å². The van der Waals surface area contributed by atoms with Crippen molar-refractivity contribution in [3.8, 4) is 0 Å². The molecule has 0 amide bonds. The molecule has 10 atom stereocenters. The molecule has 38 heavy (non-hydrogen) atoms. The topological polar surface area (TPSA) is 143 Å². The second-order valence-corrected chi connectivity index (χ2v) is 12.4. The molecule has 10 nitrogen and oxygen atoms in total. The monoisotopic (exact) mass is 534 g/mol. The van der Waals surface area contributed by atoms with E-state index in [1.54, 1.807) is 0 Å². The van der Waals surface area contributed by atoms with Gasteiger partial charge in [-0.2, -0.15) is 0 Å². The van der Waals surface area contributed by atoms with Gasteiger partial charge in [0.15, 0.2) is 11.9 Å². The van der Waals surface area contributed by atoms with E-state index in [1.165, 1.54) is 27.7 Å². The maximum atomic E-state index is 14.1. The fraction of sp³-hybridized carbons (Fsp3) is 0.750. The normalized spacial score (nSPS) is 42.8. The molecular weight excluding hydrogens is 496 g/mol. The molecule has 0 aromatic carbocycles. The summed E-state index contributed by atoms with van der Waals surface area (Å²) in [5.74, 6) is -4.47. The number of hydrogen-bond acceptors (Lipinski definition) is 10. The van der Waals surface area contributed by atoms with Gasteiger partial charge >= 0.3 is 23.9 Å². The summed E-state index contributed by atoms with van der Waals surface area (Å²) in [4.78, 5) is 63.4. The fourth-order valence-corrected chi connectivity index (χ4v) is 8.98. The summed E-state index contributed by atoms with van der Waals surface area (Å²) in [7, 11) is 0. The second kappa shape index (κ2) is 9.17. The minimum absolute atomic E-state index is 0.122. The van der Waals surface area contributed by atoms with Gasteiger partial charge in [0.25, 0.3) is 0 Å². The number of carbonyl (C=O) groups is 5. The molecule has 4 rings (SSSR count). The maximum absolute atomic E-state index is 14.1. The fourth-order valence-electron chi connectivity index (χ4n) is 8.98. The highest BCUT2D eigenvalue weighted by Gasteiger charge is 2.79. The van der Waals surface area contributed by atoms with Gasteiger partial charge in [0.1, 0.15) is 18.3 Å². The summed E-state index contributed by atoms with van der Waals surface area (Å²) in [6.07, 6.45) is -4.39. The van der Waals surface area contributed by atoms with Gasteiger partial charge in [0.2, 0.25) is 0 Å². The first-order chi connectivity index (χ1) is 17.5. The van der Waals surface area contributed by atoms with Crippen molar-refractivity contribution in [2.45, 2.75) is 98.2 Å². The van der Waals surface area contributed by atoms with Gasteiger partial charge < -0.3 is 24.1 Å². The van der Waals surface area contributed by atoms with Crippen LogP contribution in [-0.2, 0) is 42.9 Å². The van der Waals surface area contributed by atoms with Crippen molar-refractivity contribution < 1.29 is 48.0 Å². The number of carbonyl (C=O) groups excluding carboxylic acids is 5. The zero-order valence-electron chi connectivity index (χ0n) is 23.1. The number of allylic oxidation sites excluding steroid dienone is 1. The number of rotatable bonds is 4. The Kier molecular flexibility index (Phi) is 6.82. The van der Waals surface area contributed by atoms with Crippen molar-refractivity contribution in [3.05, 3.63) is 12.2 Å². The van der Waals surface area contributed by atoms with Crippen molar-refractivity contribution in [2.24, 2.45) is 34.0 Å². The molecule has 4 aliphatic rings. The highest BCUT2D eigenvalue weighted by Crippen LogP contribution is 2.72. The number of aliphatic hydroxyl groups excluding tert-OH is 1. The second-order valence-electron chi connectivity index (χ2n) is 12.4. The molecule has 0 aromatic heterocycles. The van der Waals surface area contributed by atoms with Crippen molar-refractivity contribution in [1.82, 2.24) is 0 Å². The average molecular weight is 535 g/mol. The molecule has 0 aromatic rings. The first-order valence-electron chi connectivity index (χ1n) is 13.1. The average Bonchev–Trinajstić information content (AvgIpc) is 2.93. The Morgan fingerprint density at radius 1 is 0.816 bits per heavy atom. The predicted octanol–water partition coefficient (Wildman–Crippen LogP) is 2.29. The third kappa shape index (κ3) is 3.98. The van der Waals surface area contributed by atoms with Gasteiger partial charge in [0.05, 0.1) is 11.5 Å². The van der Waals surface area contributed by atoms with E-state index in [1.807, 2.05) is 20.8 Å². The molecule has 210 valence electrons. The summed E-state index contributed by atoms with van der Waals surface area (Å²) < 4.78 is 23.3. The molecule has 4 saturated carbocycles. The highest BCUT2D eigenvalue weighted by molar-refractivity contribution is 6.04. The van der Waals surface area contributed by atoms with E-state index >= 15 is 0 Å². The van der Waals surface area contributed by atoms with Crippen molar-refractivity contribution in [3.63, 3.8) is 0 Å². The van der Waals surface area contributed by atoms with Gasteiger partial charge in [-0.3, -0.25) is 24.0 Å². The molecule has 0 unspecified atom stereocenters. The third-order valence-electron chi connectivity index (χ3n) is 9.53. The van der Waals surface area contributed by atoms with Crippen LogP contribution in [0.1, 0.15) is 67.7 Å². The van der Waals surface area contributed by atoms with Gasteiger partial charge in [-0.05, 0) is 36.2 Å². The van der Waals surface area contributed by atoms with E-state index in [-0.39, 0.29) is 24.5 Å². The van der Waals surface area contributed by atoms with E-state index in [0.29, 0.717) is 12.0 Å². The van der Waals surface area contributed by atoms with Crippen molar-refractivity contribution in [1.29, 1.82) is 0 Å². The molecule has 0 radical (unpaired) electrons. The molecule has 1 spiro atoms. The largest absolute Gasteiger partial charge is 0.459 e. The van der Waals surface area contributed by atoms with Crippen molar-refractivity contribution >= 4 is 29.7 Å². The first-order valence-corrected chi connectivity index (χ1v) is 13.1. The summed E-state index contributed by atoms with van der Waals surface area (Å²) in [5, 5.41) is 11.7. The summed E-state index contributed by atoms with van der Waals surface area (Å²) in [6.45, 7) is 14.5. The summed E-state index contributed by atoms with van der Waals surface area (Å²) in [6, 6.07) is 0. The Morgan fingerprint density at radius 3 is 1.87 bits per heavy atom. The quantitative estimate of drug-likeness (QED) is 0.324. The van der Waals surface area contributed by atoms with Crippen LogP contribution in [0.3, 0.4) is 0 Å². The zero-order valence-corrected chi connectivity index (χ0v) is 23.1. The zero-order chi connectivity index (χ0) is 28.5. The number of ketones is 1. The molecule has 10 heteroatoms. The lowest BCUT2D eigenvalue weighted by molar-refractivity contribution is -0.300. The van der Waals surface area contributed by atoms with Crippen LogP contribution in [0.15, 0.2) is 12.2 Å². The number of ether oxygens (including phenoxy) is 4. The number of esters is 4. The molecule has 1 N–H and O–H groups in total. The van der Waals surface area contributed by atoms with E-state index in [0.717, 1.165) is 0 Å². The van der Waals surface area contributed by atoms with Crippen LogP contribution in [0.5, 0.6) is 0 Å². The molecule has 4 aliphatic carbocycles. The summed E-state index contributed by atoms with van der Waals surface area (Å²) in [5.41, 5.74) is -3.02. The number of hydrogen-bond donors (Lipinski definition) is 1. The Balaban J connectivity index is 2.01. The van der Waals surface area contributed by atoms with Crippen LogP contribution in [0.2, 0.25) is 0 Å². The molecule has 0 aliphatic heterocycles. The maximum Gasteiger partial charge on any atom is 0.303 e. The first kappa shape index (κ1) is 28.3. The molecular formula is C28H38O10. The highest BCUT2D eigenvalue weighted by atomic mass is 16.6. The number of Topliss-reactive ketones (excluding diaryl/α,β-unsaturated/α-hetero) is 1. The lowest BCUT2D eigenvalue weighted by Crippen LogP contribution is -2.76. The molecule has 0 saturated heterocycles. The van der Waals surface area contributed by atoms with E-state index in [9.17, 15) is 29.1 Å². The molecule has 2 bridgehead atoms. The van der Waals surface area contributed by atoms with Crippen LogP contribution in [0, 0.1) is 34.0 Å². The van der Waals surface area contributed by atoms with E-state index in [2.05, 4.69) is 6.58 Å². The third-order valence-corrected chi connectivity index (χ3v) is 9.53. The van der Waals surface area contributed by atoms with Crippen molar-refractivity contribution in [2.75, 3.05) is 0 Å². The van der Waals surface area contributed by atoms with Gasteiger partial charge in [-0.15, -0.1) is 0 Å². The predicted molar refractivity (Wildman–Crippen MR) is 131 cm³/mol. The molecule has 4 fully saturated rings. The number of fused-ring (bicyclic) bond motifs is 3. The lowest BCUT2D eigenvalue weighted by atomic mass is 9.38. The summed E-state index contributed by atoms with van der Waals surface area (Å²) >= 11 is 0. The smallest absolute Gasteiger partial charge is 0.303 e. The van der Waals surface area contributed by atoms with E-state index in [4.69, 9.17) is 18.9 Å². The standard InChI is InChI=1S/C28H38O10/c1-12-17-9-18(33)21-27(8)11-19(35-13(2)29)24(37-15(4)31)26(6,7)22(27)20(36-14(3)30)25(38-16(5)32)28(21,10-17)23(12)34/h17-22,24-25,33H,1,9-11H2,2-8H3/t17-,18-,19+,20-,21+,22-,24+,25+,27+,28+/m1/s1. The Bertz CT molecular complexity index is 1090. The lowest BCUT2D eigenvalue weighted by Gasteiger charge is -2.68. The van der Waals surface area contributed by atoms with Crippen LogP contribution in [0.25, 0.3) is 0 Å². The van der Waals surface area contributed by atoms with Gasteiger partial charge in [-0.1, -0.05) is 27.4 Å². The van der Waals surface area contributed by atoms with Crippen LogP contribution in [0.4, 0.5) is 0 Å².